The van der Waals surface area contributed by atoms with Gasteiger partial charge in [-0.3, -0.25) is 9.59 Å². The van der Waals surface area contributed by atoms with Crippen LogP contribution in [0.4, 0.5) is 0 Å². The smallest absolute Gasteiger partial charge is 0.277 e. The van der Waals surface area contributed by atoms with Gasteiger partial charge in [-0.2, -0.15) is 0 Å². The molecule has 1 heterocycles. The number of aryl methyl sites for hydroxylation is 1. The van der Waals surface area contributed by atoms with Crippen LogP contribution in [0.25, 0.3) is 10.9 Å². The summed E-state index contributed by atoms with van der Waals surface area (Å²) in [6.07, 6.45) is 3.67. The molecule has 1 saturated carbocycles. The molecule has 3 atom stereocenters. The number of benzene rings is 1. The van der Waals surface area contributed by atoms with Gasteiger partial charge in [-0.25, -0.2) is 4.68 Å². The number of hydrogen-bond donors (Lipinski definition) is 1. The molecule has 1 aliphatic carbocycles. The molecule has 6 nitrogen and oxygen atoms in total. The lowest BCUT2D eigenvalue weighted by atomic mass is 9.78. The van der Waals surface area contributed by atoms with Crippen molar-refractivity contribution in [2.24, 2.45) is 11.8 Å². The summed E-state index contributed by atoms with van der Waals surface area (Å²) in [5.74, 6) is 1.10. The maximum Gasteiger partial charge on any atom is 0.277 e. The number of nitrogens with one attached hydrogen (secondary N) is 1. The molecule has 128 valence electrons. The van der Waals surface area contributed by atoms with Crippen LogP contribution in [0.3, 0.4) is 0 Å². The number of nitrogens with zero attached hydrogens (tertiary/aromatic N) is 3. The topological polar surface area (TPSA) is 76.9 Å². The van der Waals surface area contributed by atoms with Crippen LogP contribution in [0.2, 0.25) is 0 Å². The van der Waals surface area contributed by atoms with Crippen molar-refractivity contribution in [1.82, 2.24) is 20.3 Å². The van der Waals surface area contributed by atoms with Gasteiger partial charge in [0.15, 0.2) is 0 Å². The first-order valence-electron chi connectivity index (χ1n) is 8.68. The molecular formula is C18H24N4O2. The Labute approximate surface area is 141 Å². The van der Waals surface area contributed by atoms with E-state index in [-0.39, 0.29) is 30.5 Å². The van der Waals surface area contributed by atoms with E-state index < -0.39 is 0 Å². The molecule has 1 N–H and O–H groups in total. The fourth-order valence-electron chi connectivity index (χ4n) is 3.44. The Morgan fingerprint density at radius 1 is 1.29 bits per heavy atom. The van der Waals surface area contributed by atoms with Crippen LogP contribution < -0.4 is 10.9 Å². The van der Waals surface area contributed by atoms with Crippen molar-refractivity contribution in [1.29, 1.82) is 0 Å². The van der Waals surface area contributed by atoms with E-state index in [9.17, 15) is 9.59 Å². The maximum absolute atomic E-state index is 12.4. The van der Waals surface area contributed by atoms with Crippen LogP contribution in [0.5, 0.6) is 0 Å². The Hall–Kier alpha value is -2.24. The second-order valence-electron chi connectivity index (χ2n) is 6.83. The summed E-state index contributed by atoms with van der Waals surface area (Å²) >= 11 is 0. The van der Waals surface area contributed by atoms with Crippen molar-refractivity contribution in [2.45, 2.75) is 52.1 Å². The Balaban J connectivity index is 1.62. The van der Waals surface area contributed by atoms with Crippen molar-refractivity contribution in [3.05, 3.63) is 34.6 Å². The van der Waals surface area contributed by atoms with Crippen molar-refractivity contribution in [3.8, 4) is 0 Å². The number of aromatic nitrogens is 3. The molecule has 0 unspecified atom stereocenters. The third-order valence-corrected chi connectivity index (χ3v) is 5.23. The van der Waals surface area contributed by atoms with Crippen LogP contribution in [-0.2, 0) is 11.3 Å². The van der Waals surface area contributed by atoms with Gasteiger partial charge in [-0.15, -0.1) is 5.10 Å². The zero-order valence-corrected chi connectivity index (χ0v) is 14.2. The minimum atomic E-state index is -0.201. The molecule has 24 heavy (non-hydrogen) atoms. The SMILES string of the molecule is C[C@@H]1[C@H](C)CCC[C@@H]1NC(=O)CCn1nnc2ccccc2c1=O. The molecule has 0 saturated heterocycles. The molecule has 6 heteroatoms. The summed E-state index contributed by atoms with van der Waals surface area (Å²) in [6, 6.07) is 7.34. The number of rotatable bonds is 4. The molecule has 3 rings (SSSR count). The summed E-state index contributed by atoms with van der Waals surface area (Å²) in [5, 5.41) is 11.6. The Kier molecular flexibility index (Phi) is 4.92. The average molecular weight is 328 g/mol. The van der Waals surface area contributed by atoms with Crippen molar-refractivity contribution in [3.63, 3.8) is 0 Å². The van der Waals surface area contributed by atoms with E-state index in [0.29, 0.717) is 22.7 Å². The van der Waals surface area contributed by atoms with Gasteiger partial charge < -0.3 is 5.32 Å². The molecule has 1 aromatic carbocycles. The molecule has 0 aliphatic heterocycles. The van der Waals surface area contributed by atoms with E-state index in [0.717, 1.165) is 12.8 Å². The Morgan fingerprint density at radius 2 is 2.08 bits per heavy atom. The molecule has 1 aromatic heterocycles. The third kappa shape index (κ3) is 3.47. The molecule has 0 bridgehead atoms. The lowest BCUT2D eigenvalue weighted by Gasteiger charge is -2.34. The van der Waals surface area contributed by atoms with Gasteiger partial charge >= 0.3 is 0 Å². The van der Waals surface area contributed by atoms with Gasteiger partial charge in [-0.05, 0) is 30.4 Å². The normalized spacial score (nSPS) is 24.0. The van der Waals surface area contributed by atoms with Gasteiger partial charge in [-0.1, -0.05) is 44.0 Å². The molecule has 2 aromatic rings. The first-order valence-corrected chi connectivity index (χ1v) is 8.68. The predicted octanol–water partition coefficient (Wildman–Crippen LogP) is 2.12. The van der Waals surface area contributed by atoms with Crippen LogP contribution in [0.1, 0.15) is 39.5 Å². The Bertz CT molecular complexity index is 786. The highest BCUT2D eigenvalue weighted by Crippen LogP contribution is 2.29. The highest BCUT2D eigenvalue weighted by molar-refractivity contribution is 5.77. The summed E-state index contributed by atoms with van der Waals surface area (Å²) < 4.78 is 1.27. The molecule has 1 fully saturated rings. The lowest BCUT2D eigenvalue weighted by molar-refractivity contribution is -0.122. The van der Waals surface area contributed by atoms with Crippen molar-refractivity contribution >= 4 is 16.8 Å². The summed E-state index contributed by atoms with van der Waals surface area (Å²) in [6.45, 7) is 4.69. The minimum absolute atomic E-state index is 0.0252. The quantitative estimate of drug-likeness (QED) is 0.932. The number of fused-ring (bicyclic) bond motifs is 1. The van der Waals surface area contributed by atoms with E-state index in [4.69, 9.17) is 0 Å². The molecule has 0 spiro atoms. The second kappa shape index (κ2) is 7.11. The molecule has 1 aliphatic rings. The van der Waals surface area contributed by atoms with Crippen LogP contribution in [-0.4, -0.2) is 26.9 Å². The molecule has 1 amide bonds. The van der Waals surface area contributed by atoms with Gasteiger partial charge in [0.05, 0.1) is 11.9 Å². The summed E-state index contributed by atoms with van der Waals surface area (Å²) in [7, 11) is 0. The van der Waals surface area contributed by atoms with E-state index >= 15 is 0 Å². The largest absolute Gasteiger partial charge is 0.353 e. The Morgan fingerprint density at radius 3 is 2.92 bits per heavy atom. The second-order valence-corrected chi connectivity index (χ2v) is 6.83. The van der Waals surface area contributed by atoms with E-state index in [1.807, 2.05) is 6.07 Å². The van der Waals surface area contributed by atoms with E-state index in [2.05, 4.69) is 29.5 Å². The van der Waals surface area contributed by atoms with Crippen molar-refractivity contribution in [2.75, 3.05) is 0 Å². The zero-order valence-electron chi connectivity index (χ0n) is 14.2. The highest BCUT2D eigenvalue weighted by atomic mass is 16.2. The van der Waals surface area contributed by atoms with Crippen LogP contribution in [0, 0.1) is 11.8 Å². The first kappa shape index (κ1) is 16.6. The fraction of sp³-hybridized carbons (Fsp3) is 0.556. The summed E-state index contributed by atoms with van der Waals surface area (Å²) in [4.78, 5) is 24.6. The van der Waals surface area contributed by atoms with Crippen LogP contribution in [0.15, 0.2) is 29.1 Å². The monoisotopic (exact) mass is 328 g/mol. The van der Waals surface area contributed by atoms with Gasteiger partial charge in [0, 0.05) is 12.5 Å². The predicted molar refractivity (Wildman–Crippen MR) is 92.5 cm³/mol. The number of hydrogen-bond acceptors (Lipinski definition) is 4. The highest BCUT2D eigenvalue weighted by Gasteiger charge is 2.27. The van der Waals surface area contributed by atoms with E-state index in [1.165, 1.54) is 11.1 Å². The lowest BCUT2D eigenvalue weighted by Crippen LogP contribution is -2.44. The third-order valence-electron chi connectivity index (χ3n) is 5.23. The van der Waals surface area contributed by atoms with Gasteiger partial charge in [0.1, 0.15) is 5.52 Å². The molecular weight excluding hydrogens is 304 g/mol. The fourth-order valence-corrected chi connectivity index (χ4v) is 3.44. The van der Waals surface area contributed by atoms with Gasteiger partial charge in [0.25, 0.3) is 5.56 Å². The van der Waals surface area contributed by atoms with Gasteiger partial charge in [0.2, 0.25) is 5.91 Å². The zero-order chi connectivity index (χ0) is 17.1. The standard InChI is InChI=1S/C18H24N4O2/c1-12-6-5-9-15(13(12)2)19-17(23)10-11-22-18(24)14-7-3-4-8-16(14)20-21-22/h3-4,7-8,12-13,15H,5-6,9-11H2,1-2H3,(H,19,23)/t12-,13-,15+/m1/s1. The summed E-state index contributed by atoms with van der Waals surface area (Å²) in [5.41, 5.74) is 0.376. The number of amides is 1. The van der Waals surface area contributed by atoms with E-state index in [1.54, 1.807) is 18.2 Å². The molecule has 0 radical (unpaired) electrons. The number of carbonyl (C=O) groups excluding carboxylic acids is 1. The number of carbonyl (C=O) groups is 1. The average Bonchev–Trinajstić information content (AvgIpc) is 2.59. The maximum atomic E-state index is 12.4. The first-order chi connectivity index (χ1) is 11.6. The van der Waals surface area contributed by atoms with Crippen LogP contribution >= 0.6 is 0 Å². The minimum Gasteiger partial charge on any atom is -0.353 e. The van der Waals surface area contributed by atoms with Crippen molar-refractivity contribution < 1.29 is 4.79 Å².